The molecule has 7 heteroatoms. The van der Waals surface area contributed by atoms with E-state index in [9.17, 15) is 14.4 Å². The van der Waals surface area contributed by atoms with Crippen LogP contribution >= 0.6 is 15.9 Å². The van der Waals surface area contributed by atoms with E-state index in [1.807, 2.05) is 6.92 Å². The molecule has 0 aliphatic carbocycles. The summed E-state index contributed by atoms with van der Waals surface area (Å²) in [4.78, 5) is 34.6. The van der Waals surface area contributed by atoms with Crippen LogP contribution in [-0.4, -0.2) is 37.5 Å². The minimum Gasteiger partial charge on any atom is -0.454 e. The van der Waals surface area contributed by atoms with E-state index >= 15 is 0 Å². The van der Waals surface area contributed by atoms with Crippen molar-refractivity contribution >= 4 is 33.7 Å². The standard InChI is InChI=1S/C15H19BrN2O4/c1-2-3-7-17-13(19)10-22-14(20)9-18-15(21)11-5-4-6-12(16)8-11/h4-6,8H,2-3,7,9-10H2,1H3,(H,17,19)(H,18,21). The van der Waals surface area contributed by atoms with Gasteiger partial charge in [0.15, 0.2) is 6.61 Å². The fourth-order valence-electron chi connectivity index (χ4n) is 1.54. The smallest absolute Gasteiger partial charge is 0.325 e. The number of ether oxygens (including phenoxy) is 1. The first-order valence-corrected chi connectivity index (χ1v) is 7.78. The average Bonchev–Trinajstić information content (AvgIpc) is 2.50. The molecule has 0 bridgehead atoms. The van der Waals surface area contributed by atoms with Gasteiger partial charge >= 0.3 is 5.97 Å². The van der Waals surface area contributed by atoms with Crippen LogP contribution in [0.25, 0.3) is 0 Å². The normalized spacial score (nSPS) is 9.91. The summed E-state index contributed by atoms with van der Waals surface area (Å²) in [5.74, 6) is -1.39. The summed E-state index contributed by atoms with van der Waals surface area (Å²) in [7, 11) is 0. The van der Waals surface area contributed by atoms with Gasteiger partial charge in [-0.3, -0.25) is 14.4 Å². The van der Waals surface area contributed by atoms with Gasteiger partial charge in [0.25, 0.3) is 11.8 Å². The van der Waals surface area contributed by atoms with Crippen molar-refractivity contribution < 1.29 is 19.1 Å². The molecule has 0 unspecified atom stereocenters. The summed E-state index contributed by atoms with van der Waals surface area (Å²) in [6.45, 7) is 1.95. The molecule has 0 aliphatic heterocycles. The molecule has 1 rings (SSSR count). The zero-order valence-corrected chi connectivity index (χ0v) is 13.9. The number of hydrogen-bond donors (Lipinski definition) is 2. The largest absolute Gasteiger partial charge is 0.454 e. The van der Waals surface area contributed by atoms with Crippen LogP contribution in [0.4, 0.5) is 0 Å². The minimum atomic E-state index is -0.658. The van der Waals surface area contributed by atoms with Crippen molar-refractivity contribution in [2.45, 2.75) is 19.8 Å². The molecular weight excluding hydrogens is 352 g/mol. The molecule has 1 aromatic carbocycles. The van der Waals surface area contributed by atoms with E-state index in [4.69, 9.17) is 4.74 Å². The molecule has 0 saturated heterocycles. The van der Waals surface area contributed by atoms with E-state index in [0.29, 0.717) is 12.1 Å². The van der Waals surface area contributed by atoms with Crippen LogP contribution in [0.15, 0.2) is 28.7 Å². The van der Waals surface area contributed by atoms with Crippen LogP contribution in [0.1, 0.15) is 30.1 Å². The molecule has 120 valence electrons. The van der Waals surface area contributed by atoms with Crippen LogP contribution in [0, 0.1) is 0 Å². The number of nitrogens with one attached hydrogen (secondary N) is 2. The third-order valence-corrected chi connectivity index (χ3v) is 3.19. The van der Waals surface area contributed by atoms with Gasteiger partial charge in [0.1, 0.15) is 6.54 Å². The van der Waals surface area contributed by atoms with Gasteiger partial charge in [-0.1, -0.05) is 35.3 Å². The predicted molar refractivity (Wildman–Crippen MR) is 85.4 cm³/mol. The molecule has 1 aromatic rings. The summed E-state index contributed by atoms with van der Waals surface area (Å²) in [5.41, 5.74) is 0.430. The van der Waals surface area contributed by atoms with Gasteiger partial charge in [-0.15, -0.1) is 0 Å². The Morgan fingerprint density at radius 3 is 2.68 bits per heavy atom. The van der Waals surface area contributed by atoms with Gasteiger partial charge in [0, 0.05) is 16.6 Å². The molecule has 2 amide bonds. The van der Waals surface area contributed by atoms with Crippen molar-refractivity contribution in [3.63, 3.8) is 0 Å². The van der Waals surface area contributed by atoms with E-state index in [2.05, 4.69) is 26.6 Å². The van der Waals surface area contributed by atoms with E-state index in [1.54, 1.807) is 24.3 Å². The molecule has 6 nitrogen and oxygen atoms in total. The predicted octanol–water partition coefficient (Wildman–Crippen LogP) is 1.64. The molecule has 0 saturated carbocycles. The van der Waals surface area contributed by atoms with Crippen molar-refractivity contribution in [2.75, 3.05) is 19.7 Å². The second-order valence-electron chi connectivity index (χ2n) is 4.56. The lowest BCUT2D eigenvalue weighted by atomic mass is 10.2. The molecule has 22 heavy (non-hydrogen) atoms. The van der Waals surface area contributed by atoms with E-state index in [-0.39, 0.29) is 25.0 Å². The maximum absolute atomic E-state index is 11.8. The Kier molecular flexibility index (Phi) is 8.21. The SMILES string of the molecule is CCCCNC(=O)COC(=O)CNC(=O)c1cccc(Br)c1. The number of carbonyl (C=O) groups is 3. The van der Waals surface area contributed by atoms with Gasteiger partial charge in [0.05, 0.1) is 0 Å². The van der Waals surface area contributed by atoms with E-state index < -0.39 is 5.97 Å². The zero-order valence-electron chi connectivity index (χ0n) is 12.4. The highest BCUT2D eigenvalue weighted by Crippen LogP contribution is 2.11. The highest BCUT2D eigenvalue weighted by molar-refractivity contribution is 9.10. The number of halogens is 1. The molecule has 0 fully saturated rings. The Labute approximate surface area is 137 Å². The van der Waals surface area contributed by atoms with E-state index in [0.717, 1.165) is 17.3 Å². The lowest BCUT2D eigenvalue weighted by Crippen LogP contribution is -2.34. The van der Waals surface area contributed by atoms with E-state index in [1.165, 1.54) is 0 Å². The van der Waals surface area contributed by atoms with Crippen LogP contribution in [-0.2, 0) is 14.3 Å². The molecule has 0 heterocycles. The van der Waals surface area contributed by atoms with Crippen LogP contribution in [0.5, 0.6) is 0 Å². The number of esters is 1. The Hall–Kier alpha value is -1.89. The average molecular weight is 371 g/mol. The van der Waals surface area contributed by atoms with Gasteiger partial charge in [0.2, 0.25) is 0 Å². The third kappa shape index (κ3) is 7.21. The van der Waals surface area contributed by atoms with Gasteiger partial charge in [-0.05, 0) is 24.6 Å². The summed E-state index contributed by atoms with van der Waals surface area (Å²) < 4.78 is 5.54. The molecule has 0 radical (unpaired) electrons. The quantitative estimate of drug-likeness (QED) is 0.538. The van der Waals surface area contributed by atoms with Crippen LogP contribution in [0.2, 0.25) is 0 Å². The maximum atomic E-state index is 11.8. The highest BCUT2D eigenvalue weighted by atomic mass is 79.9. The second-order valence-corrected chi connectivity index (χ2v) is 5.47. The molecule has 0 aliphatic rings. The van der Waals surface area contributed by atoms with Crippen molar-refractivity contribution in [1.29, 1.82) is 0 Å². The maximum Gasteiger partial charge on any atom is 0.325 e. The summed E-state index contributed by atoms with van der Waals surface area (Å²) in [6.07, 6.45) is 1.85. The van der Waals surface area contributed by atoms with Gasteiger partial charge < -0.3 is 15.4 Å². The van der Waals surface area contributed by atoms with Crippen molar-refractivity contribution in [2.24, 2.45) is 0 Å². The molecule has 0 aromatic heterocycles. The summed E-state index contributed by atoms with van der Waals surface area (Å²) in [5, 5.41) is 5.06. The summed E-state index contributed by atoms with van der Waals surface area (Å²) >= 11 is 3.26. The molecular formula is C15H19BrN2O4. The second kappa shape index (κ2) is 9.94. The van der Waals surface area contributed by atoms with Gasteiger partial charge in [-0.25, -0.2) is 0 Å². The Balaban J connectivity index is 2.25. The minimum absolute atomic E-state index is 0.284. The number of benzene rings is 1. The molecule has 0 spiro atoms. The lowest BCUT2D eigenvalue weighted by Gasteiger charge is -2.07. The zero-order chi connectivity index (χ0) is 16.4. The lowest BCUT2D eigenvalue weighted by molar-refractivity contribution is -0.147. The first-order valence-electron chi connectivity index (χ1n) is 6.99. The fraction of sp³-hybridized carbons (Fsp3) is 0.400. The molecule has 0 atom stereocenters. The first-order chi connectivity index (χ1) is 10.5. The number of carbonyl (C=O) groups excluding carboxylic acids is 3. The van der Waals surface area contributed by atoms with Crippen molar-refractivity contribution in [3.05, 3.63) is 34.3 Å². The Morgan fingerprint density at radius 2 is 2.00 bits per heavy atom. The number of rotatable bonds is 8. The summed E-state index contributed by atoms with van der Waals surface area (Å²) in [6, 6.07) is 6.79. The van der Waals surface area contributed by atoms with Crippen LogP contribution < -0.4 is 10.6 Å². The number of amides is 2. The Morgan fingerprint density at radius 1 is 1.23 bits per heavy atom. The first kappa shape index (κ1) is 18.2. The Bertz CT molecular complexity index is 534. The van der Waals surface area contributed by atoms with Crippen molar-refractivity contribution in [1.82, 2.24) is 10.6 Å². The monoisotopic (exact) mass is 370 g/mol. The number of unbranched alkanes of at least 4 members (excludes halogenated alkanes) is 1. The fourth-order valence-corrected chi connectivity index (χ4v) is 1.94. The number of hydrogen-bond acceptors (Lipinski definition) is 4. The molecule has 2 N–H and O–H groups in total. The van der Waals surface area contributed by atoms with Crippen molar-refractivity contribution in [3.8, 4) is 0 Å². The highest BCUT2D eigenvalue weighted by Gasteiger charge is 2.10. The van der Waals surface area contributed by atoms with Gasteiger partial charge in [-0.2, -0.15) is 0 Å². The van der Waals surface area contributed by atoms with Crippen LogP contribution in [0.3, 0.4) is 0 Å². The third-order valence-electron chi connectivity index (χ3n) is 2.70. The topological polar surface area (TPSA) is 84.5 Å².